The maximum atomic E-state index is 8.84. The molecule has 0 amide bonds. The smallest absolute Gasteiger partial charge is 0.125 e. The molecule has 16 heavy (non-hydrogen) atoms. The summed E-state index contributed by atoms with van der Waals surface area (Å²) in [5.74, 6) is 1.86. The topological polar surface area (TPSA) is 33.0 Å². The molecule has 0 atom stereocenters. The van der Waals surface area contributed by atoms with Gasteiger partial charge < -0.3 is 4.74 Å². The molecule has 1 fully saturated rings. The number of aryl methyl sites for hydroxylation is 2. The second-order valence-corrected chi connectivity index (χ2v) is 4.63. The minimum atomic E-state index is 0.713. The standard InChI is InChI=1S/C14H17NO/c1-10-7-13(9-15)8-11(2)14(10)16-6-5-12-3-4-12/h7-8,12H,3-6H2,1-2H3. The fourth-order valence-electron chi connectivity index (χ4n) is 1.98. The second kappa shape index (κ2) is 4.57. The zero-order valence-electron chi connectivity index (χ0n) is 9.92. The predicted molar refractivity (Wildman–Crippen MR) is 63.5 cm³/mol. The molecule has 0 spiro atoms. The van der Waals surface area contributed by atoms with Crippen molar-refractivity contribution in [2.75, 3.05) is 6.61 Å². The SMILES string of the molecule is Cc1cc(C#N)cc(C)c1OCCC1CC1. The zero-order valence-corrected chi connectivity index (χ0v) is 9.92. The van der Waals surface area contributed by atoms with Gasteiger partial charge in [-0.2, -0.15) is 5.26 Å². The lowest BCUT2D eigenvalue weighted by Crippen LogP contribution is -2.01. The van der Waals surface area contributed by atoms with E-state index in [0.29, 0.717) is 5.56 Å². The molecule has 0 unspecified atom stereocenters. The minimum Gasteiger partial charge on any atom is -0.493 e. The van der Waals surface area contributed by atoms with Gasteiger partial charge in [0.15, 0.2) is 0 Å². The van der Waals surface area contributed by atoms with Gasteiger partial charge in [0.2, 0.25) is 0 Å². The van der Waals surface area contributed by atoms with Gasteiger partial charge in [-0.1, -0.05) is 12.8 Å². The predicted octanol–water partition coefficient (Wildman–Crippen LogP) is 3.35. The van der Waals surface area contributed by atoms with Gasteiger partial charge in [0.05, 0.1) is 18.2 Å². The molecule has 1 aliphatic rings. The number of ether oxygens (including phenoxy) is 1. The molecule has 0 heterocycles. The van der Waals surface area contributed by atoms with Gasteiger partial charge in [0, 0.05) is 0 Å². The lowest BCUT2D eigenvalue weighted by atomic mass is 10.1. The van der Waals surface area contributed by atoms with Crippen LogP contribution in [0.2, 0.25) is 0 Å². The Morgan fingerprint density at radius 3 is 2.44 bits per heavy atom. The van der Waals surface area contributed by atoms with Crippen LogP contribution in [-0.4, -0.2) is 6.61 Å². The maximum Gasteiger partial charge on any atom is 0.125 e. The summed E-state index contributed by atoms with van der Waals surface area (Å²) >= 11 is 0. The first-order valence-corrected chi connectivity index (χ1v) is 5.85. The molecule has 0 N–H and O–H groups in total. The first-order chi connectivity index (χ1) is 7.70. The van der Waals surface area contributed by atoms with E-state index in [1.807, 2.05) is 26.0 Å². The summed E-state index contributed by atoms with van der Waals surface area (Å²) < 4.78 is 5.81. The van der Waals surface area contributed by atoms with E-state index in [4.69, 9.17) is 10.00 Å². The van der Waals surface area contributed by atoms with Gasteiger partial charge in [0.25, 0.3) is 0 Å². The van der Waals surface area contributed by atoms with E-state index in [1.54, 1.807) is 0 Å². The van der Waals surface area contributed by atoms with E-state index in [9.17, 15) is 0 Å². The number of benzene rings is 1. The fourth-order valence-corrected chi connectivity index (χ4v) is 1.98. The van der Waals surface area contributed by atoms with Crippen molar-refractivity contribution in [3.63, 3.8) is 0 Å². The van der Waals surface area contributed by atoms with Crippen LogP contribution in [0.4, 0.5) is 0 Å². The lowest BCUT2D eigenvalue weighted by molar-refractivity contribution is 0.298. The highest BCUT2D eigenvalue weighted by molar-refractivity contribution is 5.47. The molecule has 1 saturated carbocycles. The molecule has 0 aromatic heterocycles. The van der Waals surface area contributed by atoms with Crippen molar-refractivity contribution in [1.29, 1.82) is 5.26 Å². The number of nitrogens with zero attached hydrogens (tertiary/aromatic N) is 1. The summed E-state index contributed by atoms with van der Waals surface area (Å²) in [7, 11) is 0. The van der Waals surface area contributed by atoms with Crippen LogP contribution in [0.3, 0.4) is 0 Å². The van der Waals surface area contributed by atoms with Gasteiger partial charge in [0.1, 0.15) is 5.75 Å². The third-order valence-corrected chi connectivity index (χ3v) is 3.06. The van der Waals surface area contributed by atoms with Crippen molar-refractivity contribution in [3.05, 3.63) is 28.8 Å². The van der Waals surface area contributed by atoms with Gasteiger partial charge in [-0.05, 0) is 49.4 Å². The van der Waals surface area contributed by atoms with Crippen LogP contribution in [0.5, 0.6) is 5.75 Å². The highest BCUT2D eigenvalue weighted by atomic mass is 16.5. The van der Waals surface area contributed by atoms with E-state index in [0.717, 1.165) is 29.4 Å². The normalized spacial score (nSPS) is 14.6. The van der Waals surface area contributed by atoms with Crippen molar-refractivity contribution >= 4 is 0 Å². The maximum absolute atomic E-state index is 8.84. The second-order valence-electron chi connectivity index (χ2n) is 4.63. The highest BCUT2D eigenvalue weighted by Crippen LogP contribution is 2.33. The Hall–Kier alpha value is -1.49. The summed E-state index contributed by atoms with van der Waals surface area (Å²) in [6, 6.07) is 5.94. The van der Waals surface area contributed by atoms with Gasteiger partial charge in [-0.15, -0.1) is 0 Å². The molecule has 0 radical (unpaired) electrons. The van der Waals surface area contributed by atoms with Gasteiger partial charge >= 0.3 is 0 Å². The van der Waals surface area contributed by atoms with E-state index in [-0.39, 0.29) is 0 Å². The minimum absolute atomic E-state index is 0.713. The van der Waals surface area contributed by atoms with Crippen molar-refractivity contribution < 1.29 is 4.74 Å². The van der Waals surface area contributed by atoms with Crippen molar-refractivity contribution in [2.24, 2.45) is 5.92 Å². The number of nitriles is 1. The van der Waals surface area contributed by atoms with Crippen LogP contribution in [0.25, 0.3) is 0 Å². The highest BCUT2D eigenvalue weighted by Gasteiger charge is 2.21. The molecule has 1 aromatic carbocycles. The van der Waals surface area contributed by atoms with Crippen LogP contribution in [0, 0.1) is 31.1 Å². The summed E-state index contributed by atoms with van der Waals surface area (Å²) in [4.78, 5) is 0. The molecule has 0 bridgehead atoms. The van der Waals surface area contributed by atoms with Crippen molar-refractivity contribution in [3.8, 4) is 11.8 Å². The molecule has 2 nitrogen and oxygen atoms in total. The van der Waals surface area contributed by atoms with Gasteiger partial charge in [-0.3, -0.25) is 0 Å². The number of hydrogen-bond donors (Lipinski definition) is 0. The Bertz CT molecular complexity index is 404. The lowest BCUT2D eigenvalue weighted by Gasteiger charge is -2.12. The molecular weight excluding hydrogens is 198 g/mol. The largest absolute Gasteiger partial charge is 0.493 e. The van der Waals surface area contributed by atoms with Crippen molar-refractivity contribution in [1.82, 2.24) is 0 Å². The van der Waals surface area contributed by atoms with Crippen LogP contribution < -0.4 is 4.74 Å². The Morgan fingerprint density at radius 2 is 1.94 bits per heavy atom. The molecule has 0 aliphatic heterocycles. The molecule has 2 rings (SSSR count). The zero-order chi connectivity index (χ0) is 11.5. The van der Waals surface area contributed by atoms with Gasteiger partial charge in [-0.25, -0.2) is 0 Å². The summed E-state index contributed by atoms with van der Waals surface area (Å²) in [6.45, 7) is 4.80. The van der Waals surface area contributed by atoms with E-state index in [1.165, 1.54) is 19.3 Å². The van der Waals surface area contributed by atoms with Crippen LogP contribution in [0.1, 0.15) is 36.0 Å². The Morgan fingerprint density at radius 1 is 1.31 bits per heavy atom. The van der Waals surface area contributed by atoms with Crippen LogP contribution in [0.15, 0.2) is 12.1 Å². The number of rotatable bonds is 4. The Balaban J connectivity index is 2.04. The van der Waals surface area contributed by atoms with E-state index in [2.05, 4.69) is 6.07 Å². The third kappa shape index (κ3) is 2.55. The number of hydrogen-bond acceptors (Lipinski definition) is 2. The third-order valence-electron chi connectivity index (χ3n) is 3.06. The van der Waals surface area contributed by atoms with Crippen molar-refractivity contribution in [2.45, 2.75) is 33.1 Å². The molecule has 0 saturated heterocycles. The molecule has 1 aliphatic carbocycles. The summed E-state index contributed by atoms with van der Waals surface area (Å²) in [5.41, 5.74) is 2.84. The molecule has 2 heteroatoms. The quantitative estimate of drug-likeness (QED) is 0.771. The van der Waals surface area contributed by atoms with Crippen LogP contribution in [-0.2, 0) is 0 Å². The average Bonchev–Trinajstić information content (AvgIpc) is 3.05. The molecule has 84 valence electrons. The Kier molecular flexibility index (Phi) is 3.14. The Labute approximate surface area is 96.9 Å². The van der Waals surface area contributed by atoms with Crippen LogP contribution >= 0.6 is 0 Å². The monoisotopic (exact) mass is 215 g/mol. The first-order valence-electron chi connectivity index (χ1n) is 5.85. The van der Waals surface area contributed by atoms with E-state index >= 15 is 0 Å². The molecule has 1 aromatic rings. The van der Waals surface area contributed by atoms with E-state index < -0.39 is 0 Å². The average molecular weight is 215 g/mol. The summed E-state index contributed by atoms with van der Waals surface area (Å²) in [5, 5.41) is 8.84. The molecular formula is C14H17NO. The fraction of sp³-hybridized carbons (Fsp3) is 0.500. The summed E-state index contributed by atoms with van der Waals surface area (Å²) in [6.07, 6.45) is 3.91. The first kappa shape index (κ1) is 11.0.